The molecule has 94 valence electrons. The highest BCUT2D eigenvalue weighted by atomic mass is 15.2. The quantitative estimate of drug-likeness (QED) is 0.864. The maximum Gasteiger partial charge on any atom is 0.0541 e. The maximum atomic E-state index is 4.35. The molecule has 3 nitrogen and oxygen atoms in total. The highest BCUT2D eigenvalue weighted by Gasteiger charge is 2.28. The first kappa shape index (κ1) is 12.5. The number of hydrogen-bond donors (Lipinski definition) is 1. The zero-order valence-corrected chi connectivity index (χ0v) is 11.1. The van der Waals surface area contributed by atoms with E-state index in [-0.39, 0.29) is 0 Å². The molecule has 1 aliphatic rings. The molecule has 1 fully saturated rings. The summed E-state index contributed by atoms with van der Waals surface area (Å²) in [6, 6.07) is 7.38. The van der Waals surface area contributed by atoms with Gasteiger partial charge >= 0.3 is 0 Å². The van der Waals surface area contributed by atoms with Crippen LogP contribution in [0.5, 0.6) is 0 Å². The molecule has 0 radical (unpaired) electrons. The molecule has 1 N–H and O–H groups in total. The highest BCUT2D eigenvalue weighted by Crippen LogP contribution is 2.20. The Morgan fingerprint density at radius 3 is 2.94 bits per heavy atom. The van der Waals surface area contributed by atoms with Gasteiger partial charge in [-0.1, -0.05) is 13.0 Å². The van der Waals surface area contributed by atoms with Crippen LogP contribution in [0.1, 0.15) is 26.0 Å². The lowest BCUT2D eigenvalue weighted by atomic mass is 9.90. The summed E-state index contributed by atoms with van der Waals surface area (Å²) in [5.41, 5.74) is 1.13. The molecule has 3 unspecified atom stereocenters. The molecule has 3 heteroatoms. The van der Waals surface area contributed by atoms with Crippen LogP contribution in [0.15, 0.2) is 24.4 Å². The molecule has 17 heavy (non-hydrogen) atoms. The van der Waals surface area contributed by atoms with Crippen molar-refractivity contribution in [3.8, 4) is 0 Å². The van der Waals surface area contributed by atoms with Crippen molar-refractivity contribution in [1.29, 1.82) is 0 Å². The average molecular weight is 233 g/mol. The van der Waals surface area contributed by atoms with Gasteiger partial charge in [0.2, 0.25) is 0 Å². The SMILES string of the molecule is CC1CN(C)C(C)CC1NCc1ccccn1. The van der Waals surface area contributed by atoms with Crippen LogP contribution < -0.4 is 5.32 Å². The first-order valence-electron chi connectivity index (χ1n) is 6.50. The molecule has 0 spiro atoms. The van der Waals surface area contributed by atoms with Crippen molar-refractivity contribution in [3.63, 3.8) is 0 Å². The highest BCUT2D eigenvalue weighted by molar-refractivity contribution is 5.03. The Bertz CT molecular complexity index is 339. The second-order valence-electron chi connectivity index (χ2n) is 5.31. The fourth-order valence-electron chi connectivity index (χ4n) is 2.56. The summed E-state index contributed by atoms with van der Waals surface area (Å²) < 4.78 is 0. The van der Waals surface area contributed by atoms with Gasteiger partial charge in [0.15, 0.2) is 0 Å². The van der Waals surface area contributed by atoms with Gasteiger partial charge in [-0.3, -0.25) is 4.98 Å². The predicted molar refractivity (Wildman–Crippen MR) is 70.7 cm³/mol. The Morgan fingerprint density at radius 2 is 2.24 bits per heavy atom. The summed E-state index contributed by atoms with van der Waals surface area (Å²) in [5.74, 6) is 0.708. The summed E-state index contributed by atoms with van der Waals surface area (Å²) in [4.78, 5) is 6.80. The van der Waals surface area contributed by atoms with Crippen LogP contribution in [-0.4, -0.2) is 35.6 Å². The number of rotatable bonds is 3. The number of hydrogen-bond acceptors (Lipinski definition) is 3. The molecular formula is C14H23N3. The Labute approximate surface area is 104 Å². The topological polar surface area (TPSA) is 28.2 Å². The third-order valence-electron chi connectivity index (χ3n) is 3.88. The van der Waals surface area contributed by atoms with E-state index >= 15 is 0 Å². The van der Waals surface area contributed by atoms with Crippen molar-refractivity contribution in [2.75, 3.05) is 13.6 Å². The average Bonchev–Trinajstić information content (AvgIpc) is 2.33. The molecule has 2 rings (SSSR count). The molecule has 0 bridgehead atoms. The lowest BCUT2D eigenvalue weighted by molar-refractivity contribution is 0.121. The minimum atomic E-state index is 0.614. The summed E-state index contributed by atoms with van der Waals surface area (Å²) in [5, 5.41) is 3.65. The van der Waals surface area contributed by atoms with E-state index in [4.69, 9.17) is 0 Å². The zero-order chi connectivity index (χ0) is 12.3. The number of aromatic nitrogens is 1. The number of nitrogens with zero attached hydrogens (tertiary/aromatic N) is 2. The Hall–Kier alpha value is -0.930. The molecule has 2 heterocycles. The third-order valence-corrected chi connectivity index (χ3v) is 3.88. The van der Waals surface area contributed by atoms with Gasteiger partial charge in [0.1, 0.15) is 0 Å². The minimum Gasteiger partial charge on any atom is -0.308 e. The van der Waals surface area contributed by atoms with Crippen LogP contribution in [0.4, 0.5) is 0 Å². The summed E-state index contributed by atoms with van der Waals surface area (Å²) in [7, 11) is 2.22. The molecule has 0 aliphatic carbocycles. The van der Waals surface area contributed by atoms with E-state index in [1.807, 2.05) is 18.3 Å². The predicted octanol–water partition coefficient (Wildman–Crippen LogP) is 1.90. The monoisotopic (exact) mass is 233 g/mol. The maximum absolute atomic E-state index is 4.35. The standard InChI is InChI=1S/C14H23N3/c1-11-10-17(3)12(2)8-14(11)16-9-13-6-4-5-7-15-13/h4-7,11-12,14,16H,8-10H2,1-3H3. The van der Waals surface area contributed by atoms with Gasteiger partial charge < -0.3 is 10.2 Å². The smallest absolute Gasteiger partial charge is 0.0541 e. The number of pyridine rings is 1. The van der Waals surface area contributed by atoms with E-state index in [2.05, 4.69) is 42.2 Å². The van der Waals surface area contributed by atoms with Gasteiger partial charge in [-0.25, -0.2) is 0 Å². The Balaban J connectivity index is 1.87. The lowest BCUT2D eigenvalue weighted by Crippen LogP contribution is -2.50. The van der Waals surface area contributed by atoms with E-state index in [0.717, 1.165) is 12.2 Å². The van der Waals surface area contributed by atoms with Crippen molar-refractivity contribution in [2.45, 2.75) is 38.9 Å². The fraction of sp³-hybridized carbons (Fsp3) is 0.643. The zero-order valence-electron chi connectivity index (χ0n) is 11.1. The number of likely N-dealkylation sites (tertiary alicyclic amines) is 1. The van der Waals surface area contributed by atoms with Crippen molar-refractivity contribution >= 4 is 0 Å². The van der Waals surface area contributed by atoms with E-state index in [0.29, 0.717) is 18.0 Å². The van der Waals surface area contributed by atoms with Crippen molar-refractivity contribution in [3.05, 3.63) is 30.1 Å². The number of piperidine rings is 1. The van der Waals surface area contributed by atoms with Crippen LogP contribution in [-0.2, 0) is 6.54 Å². The first-order valence-corrected chi connectivity index (χ1v) is 6.50. The first-order chi connectivity index (χ1) is 8.16. The molecule has 1 aliphatic heterocycles. The van der Waals surface area contributed by atoms with Crippen molar-refractivity contribution < 1.29 is 0 Å². The van der Waals surface area contributed by atoms with Gasteiger partial charge in [0.25, 0.3) is 0 Å². The minimum absolute atomic E-state index is 0.614. The van der Waals surface area contributed by atoms with Crippen LogP contribution >= 0.6 is 0 Å². The van der Waals surface area contributed by atoms with E-state index < -0.39 is 0 Å². The Morgan fingerprint density at radius 1 is 1.41 bits per heavy atom. The Kier molecular flexibility index (Phi) is 4.13. The molecule has 1 aromatic rings. The van der Waals surface area contributed by atoms with Gasteiger partial charge in [-0.2, -0.15) is 0 Å². The van der Waals surface area contributed by atoms with Crippen LogP contribution in [0.2, 0.25) is 0 Å². The molecule has 1 aromatic heterocycles. The summed E-state index contributed by atoms with van der Waals surface area (Å²) in [6.45, 7) is 6.70. The third kappa shape index (κ3) is 3.27. The molecule has 0 aromatic carbocycles. The molecule has 1 saturated heterocycles. The van der Waals surface area contributed by atoms with E-state index in [1.165, 1.54) is 13.0 Å². The van der Waals surface area contributed by atoms with Crippen LogP contribution in [0, 0.1) is 5.92 Å². The van der Waals surface area contributed by atoms with Crippen LogP contribution in [0.3, 0.4) is 0 Å². The second kappa shape index (κ2) is 5.61. The number of nitrogens with one attached hydrogen (secondary N) is 1. The van der Waals surface area contributed by atoms with E-state index in [1.54, 1.807) is 0 Å². The van der Waals surface area contributed by atoms with Gasteiger partial charge in [-0.15, -0.1) is 0 Å². The molecule has 0 amide bonds. The van der Waals surface area contributed by atoms with Crippen molar-refractivity contribution in [1.82, 2.24) is 15.2 Å². The fourth-order valence-corrected chi connectivity index (χ4v) is 2.56. The molecular weight excluding hydrogens is 210 g/mol. The van der Waals surface area contributed by atoms with E-state index in [9.17, 15) is 0 Å². The largest absolute Gasteiger partial charge is 0.308 e. The normalized spacial score (nSPS) is 30.4. The van der Waals surface area contributed by atoms with Crippen molar-refractivity contribution in [2.24, 2.45) is 5.92 Å². The summed E-state index contributed by atoms with van der Waals surface area (Å²) >= 11 is 0. The molecule has 0 saturated carbocycles. The molecule has 3 atom stereocenters. The van der Waals surface area contributed by atoms with Gasteiger partial charge in [-0.05, 0) is 38.4 Å². The van der Waals surface area contributed by atoms with Crippen LogP contribution in [0.25, 0.3) is 0 Å². The second-order valence-corrected chi connectivity index (χ2v) is 5.31. The van der Waals surface area contributed by atoms with Gasteiger partial charge in [0.05, 0.1) is 5.69 Å². The summed E-state index contributed by atoms with van der Waals surface area (Å²) in [6.07, 6.45) is 3.09. The lowest BCUT2D eigenvalue weighted by Gasteiger charge is -2.40. The van der Waals surface area contributed by atoms with Gasteiger partial charge in [0, 0.05) is 31.4 Å².